The van der Waals surface area contributed by atoms with E-state index in [0.29, 0.717) is 17.7 Å². The van der Waals surface area contributed by atoms with Crippen molar-refractivity contribution in [3.8, 4) is 0 Å². The topological polar surface area (TPSA) is 66.9 Å². The van der Waals surface area contributed by atoms with Crippen LogP contribution in [0, 0.1) is 11.6 Å². The number of rotatable bonds is 6. The number of carbonyl (C=O) groups is 1. The Morgan fingerprint density at radius 3 is 2.48 bits per heavy atom. The van der Waals surface area contributed by atoms with Gasteiger partial charge in [-0.05, 0) is 36.2 Å². The number of nitrogens with one attached hydrogen (secondary N) is 2. The van der Waals surface area contributed by atoms with Crippen molar-refractivity contribution in [3.05, 3.63) is 82.6 Å². The van der Waals surface area contributed by atoms with Gasteiger partial charge in [-0.3, -0.25) is 4.79 Å². The van der Waals surface area contributed by atoms with Gasteiger partial charge in [-0.1, -0.05) is 29.8 Å². The van der Waals surface area contributed by atoms with Crippen LogP contribution in [0.4, 0.5) is 20.4 Å². The molecule has 5 nitrogen and oxygen atoms in total. The summed E-state index contributed by atoms with van der Waals surface area (Å²) in [7, 11) is 0. The number of aromatic nitrogens is 2. The van der Waals surface area contributed by atoms with Crippen LogP contribution in [-0.4, -0.2) is 22.4 Å². The number of amides is 1. The zero-order valence-corrected chi connectivity index (χ0v) is 14.8. The summed E-state index contributed by atoms with van der Waals surface area (Å²) in [6.45, 7) is 0.286. The van der Waals surface area contributed by atoms with E-state index in [-0.39, 0.29) is 34.8 Å². The van der Waals surface area contributed by atoms with Crippen LogP contribution in [0.5, 0.6) is 0 Å². The van der Waals surface area contributed by atoms with Crippen LogP contribution in [0.25, 0.3) is 0 Å². The number of anilines is 2. The molecule has 2 N–H and O–H groups in total. The monoisotopic (exact) mass is 388 g/mol. The Bertz CT molecular complexity index is 951. The third-order valence-corrected chi connectivity index (χ3v) is 4.02. The van der Waals surface area contributed by atoms with Gasteiger partial charge in [0.15, 0.2) is 0 Å². The molecule has 0 spiro atoms. The zero-order valence-electron chi connectivity index (χ0n) is 14.0. The highest BCUT2D eigenvalue weighted by Crippen LogP contribution is 2.21. The fourth-order valence-corrected chi connectivity index (χ4v) is 2.51. The van der Waals surface area contributed by atoms with Crippen molar-refractivity contribution >= 4 is 29.1 Å². The molecule has 0 saturated carbocycles. The van der Waals surface area contributed by atoms with Crippen molar-refractivity contribution in [3.63, 3.8) is 0 Å². The van der Waals surface area contributed by atoms with E-state index in [2.05, 4.69) is 20.6 Å². The molecule has 3 aromatic rings. The Labute approximate surface area is 159 Å². The highest BCUT2D eigenvalue weighted by Gasteiger charge is 2.08. The van der Waals surface area contributed by atoms with Crippen LogP contribution < -0.4 is 10.6 Å². The molecule has 2 aromatic carbocycles. The Kier molecular flexibility index (Phi) is 5.93. The first kappa shape index (κ1) is 18.7. The first-order valence-corrected chi connectivity index (χ1v) is 8.46. The van der Waals surface area contributed by atoms with Crippen LogP contribution in [-0.2, 0) is 6.42 Å². The average molecular weight is 389 g/mol. The average Bonchev–Trinajstić information content (AvgIpc) is 2.67. The summed E-state index contributed by atoms with van der Waals surface area (Å²) in [4.78, 5) is 20.2. The lowest BCUT2D eigenvalue weighted by atomic mass is 10.1. The number of hydrogen-bond acceptors (Lipinski definition) is 4. The maximum atomic E-state index is 13.5. The quantitative estimate of drug-likeness (QED) is 0.666. The van der Waals surface area contributed by atoms with Gasteiger partial charge in [-0.15, -0.1) is 0 Å². The van der Waals surface area contributed by atoms with E-state index in [1.165, 1.54) is 36.7 Å². The molecule has 1 amide bonds. The van der Waals surface area contributed by atoms with Crippen molar-refractivity contribution in [1.29, 1.82) is 0 Å². The van der Waals surface area contributed by atoms with Crippen LogP contribution in [0.3, 0.4) is 0 Å². The number of hydrogen-bond donors (Lipinski definition) is 2. The van der Waals surface area contributed by atoms with Gasteiger partial charge in [0.05, 0.1) is 10.6 Å². The predicted octanol–water partition coefficient (Wildman–Crippen LogP) is 4.12. The molecular formula is C19H15ClF2N4O. The Hall–Kier alpha value is -3.06. The van der Waals surface area contributed by atoms with Crippen LogP contribution >= 0.6 is 11.6 Å². The summed E-state index contributed by atoms with van der Waals surface area (Å²) >= 11 is 5.72. The summed E-state index contributed by atoms with van der Waals surface area (Å²) in [6, 6.07) is 10.5. The first-order chi connectivity index (χ1) is 13.0. The van der Waals surface area contributed by atoms with E-state index in [0.717, 1.165) is 0 Å². The van der Waals surface area contributed by atoms with Gasteiger partial charge in [0.1, 0.15) is 11.6 Å². The third-order valence-electron chi connectivity index (χ3n) is 3.73. The van der Waals surface area contributed by atoms with Gasteiger partial charge < -0.3 is 10.6 Å². The lowest BCUT2D eigenvalue weighted by Gasteiger charge is -2.08. The second-order valence-corrected chi connectivity index (χ2v) is 6.05. The standard InChI is InChI=1S/C19H15ClF2N4O/c20-15-9-14(5-6-17(15)22)26-19-24-10-13(11-25-19)18(27)23-8-7-12-3-1-2-4-16(12)21/h1-6,9-11H,7-8H2,(H,23,27)(H,24,25,26). The summed E-state index contributed by atoms with van der Waals surface area (Å²) in [6.07, 6.45) is 3.10. The summed E-state index contributed by atoms with van der Waals surface area (Å²) < 4.78 is 26.7. The second kappa shape index (κ2) is 8.55. The van der Waals surface area contributed by atoms with Gasteiger partial charge in [0, 0.05) is 24.6 Å². The second-order valence-electron chi connectivity index (χ2n) is 5.65. The molecule has 1 heterocycles. The molecule has 0 radical (unpaired) electrons. The fourth-order valence-electron chi connectivity index (χ4n) is 2.33. The fraction of sp³-hybridized carbons (Fsp3) is 0.105. The zero-order chi connectivity index (χ0) is 19.2. The van der Waals surface area contributed by atoms with E-state index in [1.54, 1.807) is 18.2 Å². The molecular weight excluding hydrogens is 374 g/mol. The molecule has 8 heteroatoms. The number of carbonyl (C=O) groups excluding carboxylic acids is 1. The van der Waals surface area contributed by atoms with Crippen LogP contribution in [0.2, 0.25) is 5.02 Å². The smallest absolute Gasteiger partial charge is 0.254 e. The molecule has 0 aliphatic heterocycles. The van der Waals surface area contributed by atoms with Crippen molar-refractivity contribution in [2.75, 3.05) is 11.9 Å². The summed E-state index contributed by atoms with van der Waals surface area (Å²) in [5, 5.41) is 5.53. The Balaban J connectivity index is 1.55. The normalized spacial score (nSPS) is 10.5. The predicted molar refractivity (Wildman–Crippen MR) is 99.2 cm³/mol. The lowest BCUT2D eigenvalue weighted by molar-refractivity contribution is 0.0953. The van der Waals surface area contributed by atoms with Gasteiger partial charge in [0.25, 0.3) is 5.91 Å². The van der Waals surface area contributed by atoms with Gasteiger partial charge >= 0.3 is 0 Å². The molecule has 1 aromatic heterocycles. The summed E-state index contributed by atoms with van der Waals surface area (Å²) in [5.74, 6) is -0.944. The molecule has 0 aliphatic carbocycles. The van der Waals surface area contributed by atoms with E-state index in [4.69, 9.17) is 11.6 Å². The van der Waals surface area contributed by atoms with Crippen LogP contribution in [0.15, 0.2) is 54.9 Å². The number of halogens is 3. The minimum atomic E-state index is -0.523. The Morgan fingerprint density at radius 2 is 1.78 bits per heavy atom. The molecule has 0 unspecified atom stereocenters. The van der Waals surface area contributed by atoms with E-state index in [9.17, 15) is 13.6 Å². The molecule has 0 fully saturated rings. The SMILES string of the molecule is O=C(NCCc1ccccc1F)c1cnc(Nc2ccc(F)c(Cl)c2)nc1. The highest BCUT2D eigenvalue weighted by atomic mass is 35.5. The molecule has 0 saturated heterocycles. The van der Waals surface area contributed by atoms with Gasteiger partial charge in [0.2, 0.25) is 5.95 Å². The molecule has 3 rings (SSSR count). The molecule has 27 heavy (non-hydrogen) atoms. The lowest BCUT2D eigenvalue weighted by Crippen LogP contribution is -2.26. The largest absolute Gasteiger partial charge is 0.352 e. The van der Waals surface area contributed by atoms with Crippen molar-refractivity contribution in [2.45, 2.75) is 6.42 Å². The van der Waals surface area contributed by atoms with E-state index >= 15 is 0 Å². The minimum absolute atomic E-state index is 0.0224. The number of benzene rings is 2. The number of nitrogens with zero attached hydrogens (tertiary/aromatic N) is 2. The maximum absolute atomic E-state index is 13.5. The maximum Gasteiger partial charge on any atom is 0.254 e. The highest BCUT2D eigenvalue weighted by molar-refractivity contribution is 6.31. The third kappa shape index (κ3) is 4.98. The van der Waals surface area contributed by atoms with Gasteiger partial charge in [-0.2, -0.15) is 0 Å². The molecule has 138 valence electrons. The summed E-state index contributed by atoms with van der Waals surface area (Å²) in [5.41, 5.74) is 1.32. The van der Waals surface area contributed by atoms with Crippen LogP contribution in [0.1, 0.15) is 15.9 Å². The molecule has 0 bridgehead atoms. The minimum Gasteiger partial charge on any atom is -0.352 e. The van der Waals surface area contributed by atoms with Crippen molar-refractivity contribution in [2.24, 2.45) is 0 Å². The molecule has 0 atom stereocenters. The van der Waals surface area contributed by atoms with Crippen molar-refractivity contribution in [1.82, 2.24) is 15.3 Å². The van der Waals surface area contributed by atoms with Gasteiger partial charge in [-0.25, -0.2) is 18.7 Å². The van der Waals surface area contributed by atoms with E-state index < -0.39 is 5.82 Å². The van der Waals surface area contributed by atoms with Crippen molar-refractivity contribution < 1.29 is 13.6 Å². The first-order valence-electron chi connectivity index (χ1n) is 8.08. The van der Waals surface area contributed by atoms with E-state index in [1.807, 2.05) is 0 Å². The molecule has 0 aliphatic rings. The Morgan fingerprint density at radius 1 is 1.04 bits per heavy atom.